The highest BCUT2D eigenvalue weighted by Crippen LogP contribution is 2.29. The van der Waals surface area contributed by atoms with E-state index in [0.29, 0.717) is 21.2 Å². The van der Waals surface area contributed by atoms with E-state index in [2.05, 4.69) is 11.4 Å². The summed E-state index contributed by atoms with van der Waals surface area (Å²) in [4.78, 5) is 28.0. The van der Waals surface area contributed by atoms with Gasteiger partial charge >= 0.3 is 6.09 Å². The Bertz CT molecular complexity index is 1190. The Balaban J connectivity index is 1.91. The average Bonchev–Trinajstić information content (AvgIpc) is 2.78. The van der Waals surface area contributed by atoms with Crippen LogP contribution in [0.1, 0.15) is 42.7 Å². The monoisotopic (exact) mass is 498 g/mol. The van der Waals surface area contributed by atoms with Gasteiger partial charge in [0.2, 0.25) is 0 Å². The lowest BCUT2D eigenvalue weighted by Crippen LogP contribution is -2.38. The summed E-state index contributed by atoms with van der Waals surface area (Å²) in [6.45, 7) is 5.27. The van der Waals surface area contributed by atoms with Crippen LogP contribution in [-0.4, -0.2) is 31.6 Å². The zero-order chi connectivity index (χ0) is 25.0. The predicted octanol–water partition coefficient (Wildman–Crippen LogP) is 7.18. The minimum Gasteiger partial charge on any atom is -0.444 e. The number of amides is 1. The second kappa shape index (κ2) is 10.5. The van der Waals surface area contributed by atoms with E-state index < -0.39 is 17.7 Å². The summed E-state index contributed by atoms with van der Waals surface area (Å²) in [5, 5.41) is 3.33. The van der Waals surface area contributed by atoms with E-state index in [9.17, 15) is 9.59 Å². The van der Waals surface area contributed by atoms with Crippen LogP contribution in [0.5, 0.6) is 0 Å². The van der Waals surface area contributed by atoms with Gasteiger partial charge in [-0.25, -0.2) is 4.79 Å². The maximum atomic E-state index is 13.5. The molecule has 0 bridgehead atoms. The van der Waals surface area contributed by atoms with E-state index in [-0.39, 0.29) is 5.78 Å². The third kappa shape index (κ3) is 6.52. The zero-order valence-electron chi connectivity index (χ0n) is 19.9. The number of hydrogen-bond donors (Lipinski definition) is 1. The maximum Gasteiger partial charge on any atom is 0.408 e. The van der Waals surface area contributed by atoms with Crippen molar-refractivity contribution in [3.8, 4) is 11.1 Å². The third-order valence-corrected chi connectivity index (χ3v) is 5.80. The normalized spacial score (nSPS) is 12.1. The van der Waals surface area contributed by atoms with E-state index in [0.717, 1.165) is 16.8 Å². The number of Topliss-reactive ketones (excluding diaryl/α,β-unsaturated/α-hetero) is 1. The number of benzene rings is 3. The topological polar surface area (TPSA) is 58.6 Å². The number of carbonyl (C=O) groups is 2. The van der Waals surface area contributed by atoms with Crippen LogP contribution >= 0.6 is 23.2 Å². The Labute approximate surface area is 210 Å². The van der Waals surface area contributed by atoms with E-state index in [4.69, 9.17) is 27.9 Å². The number of carbonyl (C=O) groups excluding carboxylic acids is 2. The molecule has 7 heteroatoms. The fraction of sp³-hybridized carbons (Fsp3) is 0.259. The van der Waals surface area contributed by atoms with Crippen molar-refractivity contribution >= 4 is 40.8 Å². The molecule has 0 aliphatic rings. The van der Waals surface area contributed by atoms with Crippen LogP contribution in [0, 0.1) is 0 Å². The summed E-state index contributed by atoms with van der Waals surface area (Å²) in [5.74, 6) is -0.294. The van der Waals surface area contributed by atoms with Gasteiger partial charge in [-0.3, -0.25) is 4.79 Å². The van der Waals surface area contributed by atoms with Crippen LogP contribution in [0.4, 0.5) is 10.5 Å². The molecule has 0 saturated carbocycles. The number of ketones is 1. The van der Waals surface area contributed by atoms with Crippen molar-refractivity contribution in [1.29, 1.82) is 0 Å². The van der Waals surface area contributed by atoms with Crippen molar-refractivity contribution in [3.63, 3.8) is 0 Å². The van der Waals surface area contributed by atoms with Crippen LogP contribution in [0.15, 0.2) is 66.7 Å². The van der Waals surface area contributed by atoms with Gasteiger partial charge in [-0.2, -0.15) is 0 Å². The summed E-state index contributed by atoms with van der Waals surface area (Å²) >= 11 is 12.2. The molecule has 178 valence electrons. The lowest BCUT2D eigenvalue weighted by molar-refractivity contribution is 0.0490. The van der Waals surface area contributed by atoms with Crippen molar-refractivity contribution in [2.45, 2.75) is 32.4 Å². The smallest absolute Gasteiger partial charge is 0.408 e. The summed E-state index contributed by atoms with van der Waals surface area (Å²) in [7, 11) is 3.98. The molecular weight excluding hydrogens is 471 g/mol. The van der Waals surface area contributed by atoms with Crippen LogP contribution in [0.2, 0.25) is 10.0 Å². The summed E-state index contributed by atoms with van der Waals surface area (Å²) < 4.78 is 5.37. The highest BCUT2D eigenvalue weighted by molar-refractivity contribution is 6.42. The standard InChI is InChI=1S/C27H28Cl2N2O3/c1-27(2,3)34-26(33)30-24(20-13-14-22(28)23(29)16-20)25(32)18-11-9-17(10-12-18)19-7-6-8-21(15-19)31(4)5/h6-16,24H,1-5H3,(H,30,33). The van der Waals surface area contributed by atoms with Crippen molar-refractivity contribution in [2.24, 2.45) is 0 Å². The largest absolute Gasteiger partial charge is 0.444 e. The lowest BCUT2D eigenvalue weighted by atomic mass is 9.95. The highest BCUT2D eigenvalue weighted by Gasteiger charge is 2.27. The van der Waals surface area contributed by atoms with Gasteiger partial charge in [-0.05, 0) is 61.7 Å². The second-order valence-electron chi connectivity index (χ2n) is 9.14. The number of hydrogen-bond acceptors (Lipinski definition) is 4. The van der Waals surface area contributed by atoms with Crippen LogP contribution in [0.3, 0.4) is 0 Å². The van der Waals surface area contributed by atoms with Crippen molar-refractivity contribution < 1.29 is 14.3 Å². The molecule has 34 heavy (non-hydrogen) atoms. The molecule has 3 aromatic rings. The van der Waals surface area contributed by atoms with Crippen molar-refractivity contribution in [1.82, 2.24) is 5.32 Å². The summed E-state index contributed by atoms with van der Waals surface area (Å²) in [5.41, 5.74) is 3.34. The first-order valence-corrected chi connectivity index (χ1v) is 11.6. The number of anilines is 1. The minimum absolute atomic E-state index is 0.291. The number of halogens is 2. The van der Waals surface area contributed by atoms with Crippen LogP contribution in [0.25, 0.3) is 11.1 Å². The zero-order valence-corrected chi connectivity index (χ0v) is 21.4. The number of nitrogens with one attached hydrogen (secondary N) is 1. The average molecular weight is 499 g/mol. The van der Waals surface area contributed by atoms with Gasteiger partial charge in [0.05, 0.1) is 10.0 Å². The molecule has 1 amide bonds. The molecule has 0 spiro atoms. The van der Waals surface area contributed by atoms with Crippen molar-refractivity contribution in [3.05, 3.63) is 87.9 Å². The van der Waals surface area contributed by atoms with Gasteiger partial charge < -0.3 is 15.0 Å². The molecular formula is C27H28Cl2N2O3. The molecule has 0 fully saturated rings. The summed E-state index contributed by atoms with van der Waals surface area (Å²) in [6.07, 6.45) is -0.700. The SMILES string of the molecule is CN(C)c1cccc(-c2ccc(C(=O)C(NC(=O)OC(C)(C)C)c3ccc(Cl)c(Cl)c3)cc2)c1. The molecule has 0 radical (unpaired) electrons. The highest BCUT2D eigenvalue weighted by atomic mass is 35.5. The first-order valence-electron chi connectivity index (χ1n) is 10.8. The predicted molar refractivity (Wildman–Crippen MR) is 139 cm³/mol. The number of nitrogens with zero attached hydrogens (tertiary/aromatic N) is 1. The second-order valence-corrected chi connectivity index (χ2v) is 9.95. The number of ether oxygens (including phenoxy) is 1. The molecule has 1 unspecified atom stereocenters. The fourth-order valence-electron chi connectivity index (χ4n) is 3.37. The molecule has 0 aliphatic carbocycles. The number of alkyl carbamates (subject to hydrolysis) is 1. The molecule has 5 nitrogen and oxygen atoms in total. The van der Waals surface area contributed by atoms with Gasteiger partial charge in [0, 0.05) is 25.3 Å². The Morgan fingerprint density at radius 3 is 2.15 bits per heavy atom. The molecule has 1 atom stereocenters. The van der Waals surface area contributed by atoms with Gasteiger partial charge in [0.1, 0.15) is 11.6 Å². The first-order chi connectivity index (χ1) is 15.9. The van der Waals surface area contributed by atoms with Gasteiger partial charge in [-0.15, -0.1) is 0 Å². The molecule has 0 saturated heterocycles. The Kier molecular flexibility index (Phi) is 7.90. The Morgan fingerprint density at radius 2 is 1.56 bits per heavy atom. The fourth-order valence-corrected chi connectivity index (χ4v) is 3.68. The van der Waals surface area contributed by atoms with Crippen LogP contribution < -0.4 is 10.2 Å². The first kappa shape index (κ1) is 25.6. The lowest BCUT2D eigenvalue weighted by Gasteiger charge is -2.23. The minimum atomic E-state index is -0.993. The Morgan fingerprint density at radius 1 is 0.882 bits per heavy atom. The molecule has 0 aromatic heterocycles. The van der Waals surface area contributed by atoms with E-state index >= 15 is 0 Å². The van der Waals surface area contributed by atoms with Crippen molar-refractivity contribution in [2.75, 3.05) is 19.0 Å². The van der Waals surface area contributed by atoms with Gasteiger partial charge in [-0.1, -0.05) is 65.7 Å². The number of rotatable bonds is 6. The van der Waals surface area contributed by atoms with Gasteiger partial charge in [0.15, 0.2) is 5.78 Å². The molecule has 3 rings (SSSR count). The molecule has 0 heterocycles. The molecule has 0 aliphatic heterocycles. The van der Waals surface area contributed by atoms with E-state index in [1.165, 1.54) is 0 Å². The van der Waals surface area contributed by atoms with E-state index in [1.807, 2.05) is 49.3 Å². The Hall–Kier alpha value is -3.02. The molecule has 3 aromatic carbocycles. The van der Waals surface area contributed by atoms with E-state index in [1.54, 1.807) is 51.1 Å². The van der Waals surface area contributed by atoms with Gasteiger partial charge in [0.25, 0.3) is 0 Å². The third-order valence-electron chi connectivity index (χ3n) is 5.07. The summed E-state index contributed by atoms with van der Waals surface area (Å²) in [6, 6.07) is 19.3. The maximum absolute atomic E-state index is 13.5. The molecule has 1 N–H and O–H groups in total. The van der Waals surface area contributed by atoms with Crippen LogP contribution in [-0.2, 0) is 4.74 Å². The quantitative estimate of drug-likeness (QED) is 0.365.